The zero-order valence-corrected chi connectivity index (χ0v) is 12.2. The summed E-state index contributed by atoms with van der Waals surface area (Å²) in [5.41, 5.74) is 0.907. The maximum Gasteiger partial charge on any atom is 0.334 e. The summed E-state index contributed by atoms with van der Waals surface area (Å²) in [4.78, 5) is 24.3. The number of nitrogens with zero attached hydrogens (tertiary/aromatic N) is 1. The molecule has 1 amide bonds. The van der Waals surface area contributed by atoms with Gasteiger partial charge in [0.1, 0.15) is 0 Å². The number of rotatable bonds is 3. The third-order valence-electron chi connectivity index (χ3n) is 2.94. The molecule has 1 heterocycles. The predicted octanol–water partition coefficient (Wildman–Crippen LogP) is 1.77. The lowest BCUT2D eigenvalue weighted by molar-refractivity contribution is -0.158. The minimum Gasteiger partial charge on any atom is -0.479 e. The number of hydrogen-bond donors (Lipinski definition) is 1. The molecule has 1 atom stereocenters. The van der Waals surface area contributed by atoms with Gasteiger partial charge in [-0.2, -0.15) is 0 Å². The average Bonchev–Trinajstić information content (AvgIpc) is 2.46. The van der Waals surface area contributed by atoms with E-state index in [1.807, 2.05) is 24.3 Å². The highest BCUT2D eigenvalue weighted by Crippen LogP contribution is 2.12. The zero-order valence-electron chi connectivity index (χ0n) is 10.7. The quantitative estimate of drug-likeness (QED) is 0.852. The van der Waals surface area contributed by atoms with Crippen LogP contribution in [0.1, 0.15) is 5.56 Å². The summed E-state index contributed by atoms with van der Waals surface area (Å²) < 4.78 is 6.04. The number of aliphatic carboxylic acids is 1. The molecule has 2 rings (SSSR count). The molecule has 1 aromatic carbocycles. The number of amides is 1. The summed E-state index contributed by atoms with van der Waals surface area (Å²) >= 11 is 3.34. The standard InChI is InChI=1S/C14H14BrNO4/c15-11-4-1-10(2-5-11)3-6-13(17)16-7-8-20-12(9-16)14(18)19/h1-6,12H,7-9H2,(H,18,19). The molecule has 20 heavy (non-hydrogen) atoms. The highest BCUT2D eigenvalue weighted by Gasteiger charge is 2.27. The smallest absolute Gasteiger partial charge is 0.334 e. The Balaban J connectivity index is 1.97. The third kappa shape index (κ3) is 3.91. The van der Waals surface area contributed by atoms with Gasteiger partial charge in [-0.1, -0.05) is 28.1 Å². The van der Waals surface area contributed by atoms with E-state index in [4.69, 9.17) is 9.84 Å². The van der Waals surface area contributed by atoms with E-state index < -0.39 is 12.1 Å². The first-order valence-electron chi connectivity index (χ1n) is 6.13. The predicted molar refractivity (Wildman–Crippen MR) is 77.1 cm³/mol. The fourth-order valence-corrected chi connectivity index (χ4v) is 2.11. The average molecular weight is 340 g/mol. The Hall–Kier alpha value is -1.66. The van der Waals surface area contributed by atoms with Crippen molar-refractivity contribution in [3.05, 3.63) is 40.4 Å². The second-order valence-electron chi connectivity index (χ2n) is 4.37. The number of carboxylic acids is 1. The molecule has 0 aliphatic carbocycles. The van der Waals surface area contributed by atoms with E-state index in [9.17, 15) is 9.59 Å². The van der Waals surface area contributed by atoms with Crippen LogP contribution in [0.5, 0.6) is 0 Å². The number of morpholine rings is 1. The number of benzene rings is 1. The van der Waals surface area contributed by atoms with Gasteiger partial charge in [-0.15, -0.1) is 0 Å². The minimum atomic E-state index is -1.04. The van der Waals surface area contributed by atoms with Crippen molar-refractivity contribution in [1.82, 2.24) is 4.90 Å². The molecule has 6 heteroatoms. The van der Waals surface area contributed by atoms with Gasteiger partial charge in [0.15, 0.2) is 6.10 Å². The Morgan fingerprint density at radius 2 is 2.05 bits per heavy atom. The lowest BCUT2D eigenvalue weighted by Gasteiger charge is -2.30. The van der Waals surface area contributed by atoms with Crippen molar-refractivity contribution in [3.63, 3.8) is 0 Å². The van der Waals surface area contributed by atoms with Crippen LogP contribution in [0.3, 0.4) is 0 Å². The topological polar surface area (TPSA) is 66.8 Å². The Morgan fingerprint density at radius 3 is 2.70 bits per heavy atom. The summed E-state index contributed by atoms with van der Waals surface area (Å²) in [5, 5.41) is 8.89. The van der Waals surface area contributed by atoms with E-state index in [0.29, 0.717) is 6.54 Å². The molecule has 0 bridgehead atoms. The summed E-state index contributed by atoms with van der Waals surface area (Å²) in [6, 6.07) is 7.54. The van der Waals surface area contributed by atoms with Crippen LogP contribution in [0.25, 0.3) is 6.08 Å². The van der Waals surface area contributed by atoms with Crippen molar-refractivity contribution in [2.24, 2.45) is 0 Å². The van der Waals surface area contributed by atoms with Gasteiger partial charge < -0.3 is 14.7 Å². The van der Waals surface area contributed by atoms with Gasteiger partial charge in [0.2, 0.25) is 5.91 Å². The number of ether oxygens (including phenoxy) is 1. The molecule has 1 unspecified atom stereocenters. The van der Waals surface area contributed by atoms with E-state index in [-0.39, 0.29) is 19.1 Å². The van der Waals surface area contributed by atoms with Gasteiger partial charge in [0.05, 0.1) is 13.2 Å². The fourth-order valence-electron chi connectivity index (χ4n) is 1.85. The molecule has 106 valence electrons. The highest BCUT2D eigenvalue weighted by molar-refractivity contribution is 9.10. The molecule has 0 saturated carbocycles. The number of carboxylic acid groups (broad SMARTS) is 1. The van der Waals surface area contributed by atoms with Crippen LogP contribution in [0.2, 0.25) is 0 Å². The molecule has 1 fully saturated rings. The van der Waals surface area contributed by atoms with Crippen LogP contribution in [0.4, 0.5) is 0 Å². The summed E-state index contributed by atoms with van der Waals surface area (Å²) in [6.45, 7) is 0.737. The van der Waals surface area contributed by atoms with E-state index in [1.54, 1.807) is 6.08 Å². The van der Waals surface area contributed by atoms with Crippen molar-refractivity contribution in [2.45, 2.75) is 6.10 Å². The lowest BCUT2D eigenvalue weighted by Crippen LogP contribution is -2.48. The van der Waals surface area contributed by atoms with Crippen LogP contribution >= 0.6 is 15.9 Å². The second-order valence-corrected chi connectivity index (χ2v) is 5.28. The lowest BCUT2D eigenvalue weighted by atomic mass is 10.2. The Kier molecular flexibility index (Phi) is 4.92. The number of carbonyl (C=O) groups is 2. The maximum absolute atomic E-state index is 12.0. The first-order valence-corrected chi connectivity index (χ1v) is 6.92. The van der Waals surface area contributed by atoms with E-state index in [1.165, 1.54) is 11.0 Å². The van der Waals surface area contributed by atoms with Crippen LogP contribution in [0.15, 0.2) is 34.8 Å². The van der Waals surface area contributed by atoms with Crippen LogP contribution in [-0.2, 0) is 14.3 Å². The van der Waals surface area contributed by atoms with Crippen molar-refractivity contribution in [2.75, 3.05) is 19.7 Å². The molecule has 1 N–H and O–H groups in total. The van der Waals surface area contributed by atoms with E-state index in [0.717, 1.165) is 10.0 Å². The Morgan fingerprint density at radius 1 is 1.35 bits per heavy atom. The molecule has 0 aromatic heterocycles. The Labute approximate surface area is 125 Å². The molecule has 5 nitrogen and oxygen atoms in total. The van der Waals surface area contributed by atoms with Crippen molar-refractivity contribution >= 4 is 33.9 Å². The van der Waals surface area contributed by atoms with Crippen molar-refractivity contribution < 1.29 is 19.4 Å². The summed E-state index contributed by atoms with van der Waals surface area (Å²) in [5.74, 6) is -1.25. The fraction of sp³-hybridized carbons (Fsp3) is 0.286. The second kappa shape index (κ2) is 6.67. The zero-order chi connectivity index (χ0) is 14.5. The molecule has 1 aliphatic heterocycles. The van der Waals surface area contributed by atoms with Crippen LogP contribution in [-0.4, -0.2) is 47.7 Å². The molecule has 0 radical (unpaired) electrons. The SMILES string of the molecule is O=C(O)C1CN(C(=O)C=Cc2ccc(Br)cc2)CCO1. The van der Waals surface area contributed by atoms with Gasteiger partial charge in [-0.25, -0.2) is 4.79 Å². The van der Waals surface area contributed by atoms with E-state index in [2.05, 4.69) is 15.9 Å². The molecule has 1 saturated heterocycles. The molecule has 1 aromatic rings. The monoisotopic (exact) mass is 339 g/mol. The third-order valence-corrected chi connectivity index (χ3v) is 3.47. The molecular weight excluding hydrogens is 326 g/mol. The molecule has 0 spiro atoms. The summed E-state index contributed by atoms with van der Waals surface area (Å²) in [7, 11) is 0. The van der Waals surface area contributed by atoms with E-state index >= 15 is 0 Å². The first-order chi connectivity index (χ1) is 9.56. The Bertz CT molecular complexity index is 526. The number of carbonyl (C=O) groups excluding carboxylic acids is 1. The summed E-state index contributed by atoms with van der Waals surface area (Å²) in [6.07, 6.45) is 2.22. The highest BCUT2D eigenvalue weighted by atomic mass is 79.9. The van der Waals surface area contributed by atoms with Crippen LogP contribution < -0.4 is 0 Å². The number of halogens is 1. The molecule has 1 aliphatic rings. The minimum absolute atomic E-state index is 0.0822. The van der Waals surface area contributed by atoms with Gasteiger partial charge in [-0.05, 0) is 23.8 Å². The van der Waals surface area contributed by atoms with Crippen molar-refractivity contribution in [3.8, 4) is 0 Å². The van der Waals surface area contributed by atoms with Crippen LogP contribution in [0, 0.1) is 0 Å². The molecular formula is C14H14BrNO4. The normalized spacial score (nSPS) is 19.2. The largest absolute Gasteiger partial charge is 0.479 e. The van der Waals surface area contributed by atoms with Gasteiger partial charge in [0.25, 0.3) is 0 Å². The van der Waals surface area contributed by atoms with Gasteiger partial charge in [0, 0.05) is 17.1 Å². The maximum atomic E-state index is 12.0. The first kappa shape index (κ1) is 14.7. The van der Waals surface area contributed by atoms with Crippen molar-refractivity contribution in [1.29, 1.82) is 0 Å². The van der Waals surface area contributed by atoms with Gasteiger partial charge >= 0.3 is 5.97 Å². The van der Waals surface area contributed by atoms with Gasteiger partial charge in [-0.3, -0.25) is 4.79 Å². The number of hydrogen-bond acceptors (Lipinski definition) is 3.